The third-order valence-electron chi connectivity index (χ3n) is 4.03. The van der Waals surface area contributed by atoms with E-state index in [0.717, 1.165) is 11.1 Å². The summed E-state index contributed by atoms with van der Waals surface area (Å²) >= 11 is 6.59. The fraction of sp³-hybridized carbons (Fsp3) is 0.0625. The predicted molar refractivity (Wildman–Crippen MR) is 94.8 cm³/mol. The fourth-order valence-electron chi connectivity index (χ4n) is 3.02. The number of hydrogen-bond acceptors (Lipinski definition) is 4. The minimum absolute atomic E-state index is 0.0743. The summed E-state index contributed by atoms with van der Waals surface area (Å²) in [6, 6.07) is 5.15. The summed E-state index contributed by atoms with van der Waals surface area (Å²) in [5, 5.41) is 16.2. The van der Waals surface area contributed by atoms with Gasteiger partial charge in [0.15, 0.2) is 6.29 Å². The molecule has 0 atom stereocenters. The second-order valence-electron chi connectivity index (χ2n) is 5.28. The molecule has 0 aliphatic carbocycles. The van der Waals surface area contributed by atoms with Crippen LogP contribution in [-0.2, 0) is 0 Å². The first kappa shape index (κ1) is 14.6. The van der Waals surface area contributed by atoms with E-state index in [4.69, 9.17) is 0 Å². The first-order valence-corrected chi connectivity index (χ1v) is 8.27. The molecule has 0 amide bonds. The lowest BCUT2D eigenvalue weighted by molar-refractivity contribution is 0.112. The van der Waals surface area contributed by atoms with Crippen LogP contribution in [0.5, 0.6) is 5.75 Å². The summed E-state index contributed by atoms with van der Waals surface area (Å²) in [6.07, 6.45) is 0.655. The van der Waals surface area contributed by atoms with Crippen molar-refractivity contribution < 1.29 is 9.90 Å². The zero-order valence-electron chi connectivity index (χ0n) is 11.7. The van der Waals surface area contributed by atoms with Gasteiger partial charge < -0.3 is 5.11 Å². The van der Waals surface area contributed by atoms with Crippen molar-refractivity contribution in [1.29, 1.82) is 0 Å². The number of aryl methyl sites for hydroxylation is 1. The molecule has 1 N–H and O–H groups in total. The van der Waals surface area contributed by atoms with Gasteiger partial charge in [-0.25, -0.2) is 4.52 Å². The second-order valence-corrected chi connectivity index (χ2v) is 6.99. The average molecular weight is 436 g/mol. The molecule has 2 aromatic heterocycles. The van der Waals surface area contributed by atoms with Gasteiger partial charge in [0.2, 0.25) is 5.43 Å². The molecule has 2 aromatic carbocycles. The number of rotatable bonds is 1. The lowest BCUT2D eigenvalue weighted by atomic mass is 10.0. The van der Waals surface area contributed by atoms with Crippen molar-refractivity contribution in [3.63, 3.8) is 0 Å². The Balaban J connectivity index is 2.53. The van der Waals surface area contributed by atoms with Crippen LogP contribution in [0.1, 0.15) is 16.1 Å². The number of phenols is 1. The summed E-state index contributed by atoms with van der Waals surface area (Å²) in [6.45, 7) is 1.84. The predicted octanol–water partition coefficient (Wildman–Crippen LogP) is 3.79. The highest BCUT2D eigenvalue weighted by Gasteiger charge is 2.22. The van der Waals surface area contributed by atoms with Crippen LogP contribution in [0, 0.1) is 6.92 Å². The molecule has 5 nitrogen and oxygen atoms in total. The van der Waals surface area contributed by atoms with Crippen molar-refractivity contribution in [2.45, 2.75) is 6.92 Å². The van der Waals surface area contributed by atoms with Crippen LogP contribution in [0.4, 0.5) is 0 Å². The molecular formula is C16H8Br2N2O3. The average Bonchev–Trinajstić information content (AvgIpc) is 2.85. The molecule has 0 aliphatic rings. The summed E-state index contributed by atoms with van der Waals surface area (Å²) in [5.41, 5.74) is 1.64. The number of benzene rings is 2. The van der Waals surface area contributed by atoms with Crippen molar-refractivity contribution in [2.24, 2.45) is 0 Å². The molecule has 23 heavy (non-hydrogen) atoms. The molecule has 0 unspecified atom stereocenters. The number of halogens is 2. The smallest absolute Gasteiger partial charge is 0.202 e. The Bertz CT molecular complexity index is 1200. The van der Waals surface area contributed by atoms with E-state index in [9.17, 15) is 14.7 Å². The lowest BCUT2D eigenvalue weighted by Crippen LogP contribution is -2.10. The van der Waals surface area contributed by atoms with E-state index < -0.39 is 0 Å². The van der Waals surface area contributed by atoms with Crippen LogP contribution in [-0.4, -0.2) is 21.0 Å². The fourth-order valence-corrected chi connectivity index (χ4v) is 3.96. The molecule has 4 rings (SSSR count). The van der Waals surface area contributed by atoms with Gasteiger partial charge in [-0.1, -0.05) is 0 Å². The van der Waals surface area contributed by atoms with Gasteiger partial charge in [0.25, 0.3) is 0 Å². The van der Waals surface area contributed by atoms with E-state index in [1.54, 1.807) is 10.6 Å². The third kappa shape index (κ3) is 1.74. The number of pyridine rings is 1. The Hall–Kier alpha value is -1.99. The van der Waals surface area contributed by atoms with Gasteiger partial charge in [0.1, 0.15) is 5.75 Å². The molecule has 0 saturated carbocycles. The molecule has 0 fully saturated rings. The number of fused-ring (bicyclic) bond motifs is 2. The first-order valence-electron chi connectivity index (χ1n) is 6.69. The minimum Gasteiger partial charge on any atom is -0.506 e. The third-order valence-corrected chi connectivity index (χ3v) is 5.29. The molecule has 114 valence electrons. The molecule has 0 spiro atoms. The van der Waals surface area contributed by atoms with Gasteiger partial charge in [-0.15, -0.1) is 0 Å². The summed E-state index contributed by atoms with van der Waals surface area (Å²) < 4.78 is 2.48. The van der Waals surface area contributed by atoms with Gasteiger partial charge in [-0.2, -0.15) is 5.10 Å². The van der Waals surface area contributed by atoms with Crippen molar-refractivity contribution in [2.75, 3.05) is 0 Å². The van der Waals surface area contributed by atoms with E-state index in [1.807, 2.05) is 13.0 Å². The zero-order chi connectivity index (χ0) is 16.5. The van der Waals surface area contributed by atoms with E-state index in [0.29, 0.717) is 31.7 Å². The van der Waals surface area contributed by atoms with Crippen LogP contribution < -0.4 is 5.43 Å². The number of carbonyl (C=O) groups excluding carboxylic acids is 1. The number of phenolic OH excluding ortho intramolecular Hbond substituents is 1. The van der Waals surface area contributed by atoms with Gasteiger partial charge in [-0.3, -0.25) is 9.59 Å². The van der Waals surface area contributed by atoms with Gasteiger partial charge in [-0.05, 0) is 57.0 Å². The largest absolute Gasteiger partial charge is 0.506 e. The zero-order valence-corrected chi connectivity index (χ0v) is 14.9. The molecule has 0 aliphatic heterocycles. The SMILES string of the molecule is Cc1nn2c3c(C=O)cc(Br)c(O)c3c(=O)c3c(Br)ccc1c32. The molecule has 0 bridgehead atoms. The Labute approximate surface area is 146 Å². The van der Waals surface area contributed by atoms with Gasteiger partial charge >= 0.3 is 0 Å². The van der Waals surface area contributed by atoms with Crippen molar-refractivity contribution >= 4 is 65.3 Å². The van der Waals surface area contributed by atoms with Crippen LogP contribution in [0.15, 0.2) is 31.9 Å². The topological polar surface area (TPSA) is 71.7 Å². The maximum absolute atomic E-state index is 13.0. The number of nitrogens with zero attached hydrogens (tertiary/aromatic N) is 2. The molecule has 7 heteroatoms. The molecule has 0 radical (unpaired) electrons. The second kappa shape index (κ2) is 4.75. The van der Waals surface area contributed by atoms with Crippen molar-refractivity contribution in [3.05, 3.63) is 48.6 Å². The minimum atomic E-state index is -0.341. The Morgan fingerprint density at radius 3 is 2.61 bits per heavy atom. The summed E-state index contributed by atoms with van der Waals surface area (Å²) in [4.78, 5) is 24.5. The quantitative estimate of drug-likeness (QED) is 0.364. The molecule has 4 aromatic rings. The number of hydrogen-bond donors (Lipinski definition) is 1. The van der Waals surface area contributed by atoms with Crippen LogP contribution >= 0.6 is 31.9 Å². The van der Waals surface area contributed by atoms with E-state index in [2.05, 4.69) is 37.0 Å². The summed E-state index contributed by atoms with van der Waals surface area (Å²) in [5.74, 6) is -0.196. The van der Waals surface area contributed by atoms with Gasteiger partial charge in [0.05, 0.1) is 32.0 Å². The number of aromatic nitrogens is 2. The monoisotopic (exact) mass is 434 g/mol. The highest BCUT2D eigenvalue weighted by molar-refractivity contribution is 9.11. The highest BCUT2D eigenvalue weighted by atomic mass is 79.9. The van der Waals surface area contributed by atoms with Crippen molar-refractivity contribution in [1.82, 2.24) is 9.61 Å². The normalized spacial score (nSPS) is 11.8. The van der Waals surface area contributed by atoms with E-state index in [-0.39, 0.29) is 22.1 Å². The first-order chi connectivity index (χ1) is 11.0. The number of aromatic hydroxyl groups is 1. The van der Waals surface area contributed by atoms with Crippen LogP contribution in [0.25, 0.3) is 27.2 Å². The van der Waals surface area contributed by atoms with E-state index in [1.165, 1.54) is 6.07 Å². The molecule has 2 heterocycles. The van der Waals surface area contributed by atoms with Crippen LogP contribution in [0.3, 0.4) is 0 Å². The van der Waals surface area contributed by atoms with Gasteiger partial charge in [0, 0.05) is 15.4 Å². The maximum atomic E-state index is 13.0. The van der Waals surface area contributed by atoms with Crippen molar-refractivity contribution in [3.8, 4) is 5.75 Å². The lowest BCUT2D eigenvalue weighted by Gasteiger charge is -2.10. The van der Waals surface area contributed by atoms with Crippen LogP contribution in [0.2, 0.25) is 0 Å². The Kier molecular flexibility index (Phi) is 3.01. The number of aldehydes is 1. The van der Waals surface area contributed by atoms with E-state index >= 15 is 0 Å². The Morgan fingerprint density at radius 2 is 1.91 bits per heavy atom. The Morgan fingerprint density at radius 1 is 1.17 bits per heavy atom. The molecular weight excluding hydrogens is 428 g/mol. The molecule has 0 saturated heterocycles. The number of carbonyl (C=O) groups is 1. The standard InChI is InChI=1S/C16H8Br2N2O3/c1-6-8-2-3-9(17)11-14(8)20(19-6)13-7(5-21)4-10(18)15(22)12(13)16(11)23/h2-5,22H,1H3. The highest BCUT2D eigenvalue weighted by Crippen LogP contribution is 2.37. The maximum Gasteiger partial charge on any atom is 0.202 e. The summed E-state index contributed by atoms with van der Waals surface area (Å²) in [7, 11) is 0.